The van der Waals surface area contributed by atoms with Crippen LogP contribution in [0.25, 0.3) is 0 Å². The summed E-state index contributed by atoms with van der Waals surface area (Å²) in [5, 5.41) is 0. The monoisotopic (exact) mass is 352 g/mol. The second kappa shape index (κ2) is 23.3. The molecule has 0 aliphatic carbocycles. The molecule has 6 nitrogen and oxygen atoms in total. The van der Waals surface area contributed by atoms with Crippen molar-refractivity contribution >= 4 is 67.2 Å². The first-order valence-corrected chi connectivity index (χ1v) is 3.67. The number of rotatable bonds is 0. The van der Waals surface area contributed by atoms with Gasteiger partial charge in [-0.15, -0.1) is 0 Å². The van der Waals surface area contributed by atoms with Gasteiger partial charge in [-0.25, -0.2) is 0 Å². The summed E-state index contributed by atoms with van der Waals surface area (Å²) in [5.74, 6) is 0. The fourth-order valence-corrected chi connectivity index (χ4v) is 0. The van der Waals surface area contributed by atoms with Gasteiger partial charge < -0.3 is 28.1 Å². The third-order valence-corrected chi connectivity index (χ3v) is 0. The van der Waals surface area contributed by atoms with Crippen LogP contribution in [0.1, 0.15) is 0 Å². The van der Waals surface area contributed by atoms with Gasteiger partial charge in [0.15, 0.2) is 0 Å². The van der Waals surface area contributed by atoms with Crippen LogP contribution in [0.5, 0.6) is 0 Å². The van der Waals surface area contributed by atoms with E-state index >= 15 is 0 Å². The molecule has 0 unspecified atom stereocenters. The topological polar surface area (TPSA) is 126 Å². The Morgan fingerprint density at radius 3 is 0.818 bits per heavy atom. The van der Waals surface area contributed by atoms with Crippen molar-refractivity contribution in [2.24, 2.45) is 0 Å². The first-order valence-electron chi connectivity index (χ1n) is 1.22. The second-order valence-corrected chi connectivity index (χ2v) is 1.50. The zero-order valence-electron chi connectivity index (χ0n) is 6.16. The van der Waals surface area contributed by atoms with E-state index in [0.29, 0.717) is 0 Å². The van der Waals surface area contributed by atoms with Gasteiger partial charge in [-0.2, -0.15) is 0 Å². The van der Waals surface area contributed by atoms with Crippen molar-refractivity contribution in [3.8, 4) is 0 Å². The Balaban J connectivity index is -0.0000000171. The van der Waals surface area contributed by atoms with Crippen LogP contribution < -0.4 is 100 Å². The Morgan fingerprint density at radius 2 is 0.818 bits per heavy atom. The fraction of sp³-hybridized carbons (Fsp3) is 0. The van der Waals surface area contributed by atoms with Gasteiger partial charge in [-0.3, -0.25) is 0 Å². The molecule has 0 aromatic rings. The summed E-state index contributed by atoms with van der Waals surface area (Å²) in [4.78, 5) is 34.1. The summed E-state index contributed by atoms with van der Waals surface area (Å²) in [6.45, 7) is 0. The molecule has 0 bridgehead atoms. The van der Waals surface area contributed by atoms with Crippen LogP contribution in [0, 0.1) is 0 Å². The third-order valence-electron chi connectivity index (χ3n) is 0. The van der Waals surface area contributed by atoms with Crippen LogP contribution in [0.2, 0.25) is 0 Å². The van der Waals surface area contributed by atoms with Gasteiger partial charge in [0, 0.05) is 18.3 Å². The van der Waals surface area contributed by atoms with Crippen molar-refractivity contribution in [1.29, 1.82) is 0 Å². The smallest absolute Gasteiger partial charge is 0.672 e. The van der Waals surface area contributed by atoms with Crippen LogP contribution >= 0.6 is 0 Å². The zero-order valence-corrected chi connectivity index (χ0v) is 17.7. The molecular weight excluding hydrogens is 352 g/mol. The first-order chi connectivity index (χ1) is 3.46. The molecule has 0 saturated carbocycles. The van der Waals surface area contributed by atoms with E-state index in [1.165, 1.54) is 0 Å². The van der Waals surface area contributed by atoms with Gasteiger partial charge in [-0.1, -0.05) is 0 Å². The van der Waals surface area contributed by atoms with Crippen LogP contribution in [-0.2, 0) is 8.92 Å². The minimum absolute atomic E-state index is 0. The maximum atomic E-state index is 8.52. The molecule has 0 spiro atoms. The summed E-state index contributed by atoms with van der Waals surface area (Å²) in [5.41, 5.74) is 0. The Kier molecular flexibility index (Phi) is 62.1. The molecule has 0 N–H and O–H groups in total. The van der Waals surface area contributed by atoms with Gasteiger partial charge >= 0.3 is 130 Å². The molecule has 0 heterocycles. The van der Waals surface area contributed by atoms with Gasteiger partial charge in [0.2, 0.25) is 0 Å². The average molecular weight is 352 g/mol. The molecule has 48 valence electrons. The SMILES string of the molecule is O=[Si]([O-])[O-].O=[Si]([O-])[O-].[Ba+2].[K+].[Na+]. The van der Waals surface area contributed by atoms with E-state index in [-0.39, 0.29) is 130 Å². The zero-order chi connectivity index (χ0) is 7.15. The van der Waals surface area contributed by atoms with E-state index in [1.54, 1.807) is 0 Å². The van der Waals surface area contributed by atoms with Crippen molar-refractivity contribution in [2.75, 3.05) is 0 Å². The maximum absolute atomic E-state index is 8.52. The maximum Gasteiger partial charge on any atom is 2.00 e. The predicted octanol–water partition coefficient (Wildman–Crippen LogP) is -12.1. The Morgan fingerprint density at radius 1 is 0.818 bits per heavy atom. The van der Waals surface area contributed by atoms with E-state index in [0.717, 1.165) is 0 Å². The molecular formula is BaKNaO6Si2. The summed E-state index contributed by atoms with van der Waals surface area (Å²) in [7, 11) is -7.26. The molecule has 0 aromatic heterocycles. The number of hydrogen-bond donors (Lipinski definition) is 0. The van der Waals surface area contributed by atoms with Gasteiger partial charge in [0.25, 0.3) is 0 Å². The van der Waals surface area contributed by atoms with E-state index in [2.05, 4.69) is 0 Å². The molecule has 0 rings (SSSR count). The quantitative estimate of drug-likeness (QED) is 0.399. The Bertz CT molecular complexity index is 78.6. The molecule has 0 aliphatic rings. The van der Waals surface area contributed by atoms with Gasteiger partial charge in [0.05, 0.1) is 0 Å². The summed E-state index contributed by atoms with van der Waals surface area (Å²) < 4.78 is 17.0. The Hall–Kier alpha value is 3.44. The largest absolute Gasteiger partial charge is 2.00 e. The molecule has 0 atom stereocenters. The summed E-state index contributed by atoms with van der Waals surface area (Å²) >= 11 is 0. The molecule has 11 heavy (non-hydrogen) atoms. The van der Waals surface area contributed by atoms with Crippen molar-refractivity contribution in [2.45, 2.75) is 0 Å². The minimum Gasteiger partial charge on any atom is -0.672 e. The van der Waals surface area contributed by atoms with Gasteiger partial charge in [0.1, 0.15) is 0 Å². The number of hydrogen-bond acceptors (Lipinski definition) is 6. The van der Waals surface area contributed by atoms with Crippen LogP contribution in [0.3, 0.4) is 0 Å². The van der Waals surface area contributed by atoms with Crippen molar-refractivity contribution in [3.63, 3.8) is 0 Å². The van der Waals surface area contributed by atoms with Crippen LogP contribution in [0.15, 0.2) is 0 Å². The molecule has 0 radical (unpaired) electrons. The van der Waals surface area contributed by atoms with Crippen molar-refractivity contribution < 1.29 is 109 Å². The van der Waals surface area contributed by atoms with Crippen LogP contribution in [0.4, 0.5) is 0 Å². The third kappa shape index (κ3) is 149. The average Bonchev–Trinajstić information content (AvgIpc) is 1.25. The molecule has 0 fully saturated rings. The minimum atomic E-state index is -3.63. The summed E-state index contributed by atoms with van der Waals surface area (Å²) in [6.07, 6.45) is 0. The van der Waals surface area contributed by atoms with Crippen molar-refractivity contribution in [1.82, 2.24) is 0 Å². The molecule has 0 aliphatic heterocycles. The van der Waals surface area contributed by atoms with E-state index in [4.69, 9.17) is 28.1 Å². The van der Waals surface area contributed by atoms with E-state index in [1.807, 2.05) is 0 Å². The molecule has 0 amide bonds. The van der Waals surface area contributed by atoms with E-state index < -0.39 is 18.3 Å². The van der Waals surface area contributed by atoms with Crippen molar-refractivity contribution in [3.05, 3.63) is 0 Å². The fourth-order valence-electron chi connectivity index (χ4n) is 0. The summed E-state index contributed by atoms with van der Waals surface area (Å²) in [6, 6.07) is 0. The molecule has 11 heteroatoms. The molecule has 0 aromatic carbocycles. The predicted molar refractivity (Wildman–Crippen MR) is 18.6 cm³/mol. The van der Waals surface area contributed by atoms with Gasteiger partial charge in [-0.05, 0) is 0 Å². The molecule has 0 saturated heterocycles. The first kappa shape index (κ1) is 29.3. The second-order valence-electron chi connectivity index (χ2n) is 0.500. The standard InChI is InChI=1S/Ba.K.Na.2O3Si/c;;;2*1-4(2)3/q+2;2*+1;2*-2. The van der Waals surface area contributed by atoms with Crippen LogP contribution in [-0.4, -0.2) is 67.2 Å². The normalized spacial score (nSPS) is 4.36. The Labute approximate surface area is 171 Å². The van der Waals surface area contributed by atoms with E-state index in [9.17, 15) is 0 Å².